The molecular formula is C27H28F3N7. The maximum Gasteiger partial charge on any atom is 0.270 e. The molecule has 4 heterocycles. The molecule has 4 aromatic rings. The number of hydrogen-bond acceptors (Lipinski definition) is 6. The summed E-state index contributed by atoms with van der Waals surface area (Å²) in [6.07, 6.45) is 5.11. The van der Waals surface area contributed by atoms with Gasteiger partial charge >= 0.3 is 0 Å². The number of anilines is 3. The van der Waals surface area contributed by atoms with Crippen molar-refractivity contribution in [1.29, 1.82) is 0 Å². The highest BCUT2D eigenvalue weighted by Crippen LogP contribution is 2.38. The Labute approximate surface area is 212 Å². The van der Waals surface area contributed by atoms with Crippen LogP contribution in [0, 0.1) is 12.7 Å². The number of nitrogens with zero attached hydrogens (tertiary/aromatic N) is 4. The van der Waals surface area contributed by atoms with Crippen LogP contribution in [0.15, 0.2) is 49.4 Å². The Hall–Kier alpha value is -4.08. The molecule has 0 fully saturated rings. The first-order chi connectivity index (χ1) is 17.8. The largest absolute Gasteiger partial charge is 0.391 e. The maximum absolute atomic E-state index is 15.2. The number of nitrogens with one attached hydrogen (secondary N) is 3. The van der Waals surface area contributed by atoms with Crippen LogP contribution in [0.25, 0.3) is 21.9 Å². The number of fused-ring (bicyclic) bond motifs is 2. The monoisotopic (exact) mass is 507 g/mol. The van der Waals surface area contributed by atoms with Gasteiger partial charge in [0.25, 0.3) is 5.92 Å². The summed E-state index contributed by atoms with van der Waals surface area (Å²) in [6, 6.07) is 6.98. The van der Waals surface area contributed by atoms with E-state index < -0.39 is 24.7 Å². The van der Waals surface area contributed by atoms with Gasteiger partial charge in [-0.25, -0.2) is 18.2 Å². The molecule has 37 heavy (non-hydrogen) atoms. The molecule has 0 saturated heterocycles. The van der Waals surface area contributed by atoms with E-state index in [0.29, 0.717) is 45.1 Å². The molecule has 0 unspecified atom stereocenters. The Morgan fingerprint density at radius 1 is 1.11 bits per heavy atom. The molecule has 7 nitrogen and oxygen atoms in total. The van der Waals surface area contributed by atoms with Gasteiger partial charge in [-0.2, -0.15) is 5.10 Å². The molecule has 0 saturated carbocycles. The molecule has 0 atom stereocenters. The van der Waals surface area contributed by atoms with Crippen molar-refractivity contribution in [2.24, 2.45) is 0 Å². The first kappa shape index (κ1) is 24.6. The minimum Gasteiger partial charge on any atom is -0.391 e. The van der Waals surface area contributed by atoms with Crippen LogP contribution in [-0.4, -0.2) is 38.8 Å². The van der Waals surface area contributed by atoms with E-state index in [1.54, 1.807) is 25.4 Å². The van der Waals surface area contributed by atoms with Crippen molar-refractivity contribution >= 4 is 28.1 Å². The third-order valence-electron chi connectivity index (χ3n) is 6.55. The standard InChI is InChI=1S/C27H28F3N7/c1-4-31-7-6-19-11-25(36-37(19)5-2)35-24-10-17-8-20(22(28)9-18(17)13-33-24)21-14-32-23-12-27(29,30)15-34-26(23)16(21)3/h4,8-11,13-14,31,34H,1,5-7,12,15H2,2-3H3,(H,33,35,36). The number of rotatable bonds is 8. The Kier molecular flexibility index (Phi) is 6.49. The number of alkyl halides is 2. The smallest absolute Gasteiger partial charge is 0.270 e. The van der Waals surface area contributed by atoms with Gasteiger partial charge in [-0.15, -0.1) is 0 Å². The van der Waals surface area contributed by atoms with Crippen LogP contribution >= 0.6 is 0 Å². The average molecular weight is 508 g/mol. The van der Waals surface area contributed by atoms with Gasteiger partial charge < -0.3 is 16.0 Å². The van der Waals surface area contributed by atoms with Crippen molar-refractivity contribution < 1.29 is 13.2 Å². The zero-order valence-electron chi connectivity index (χ0n) is 20.7. The lowest BCUT2D eigenvalue weighted by Crippen LogP contribution is -2.35. The molecule has 3 N–H and O–H groups in total. The average Bonchev–Trinajstić information content (AvgIpc) is 3.25. The highest BCUT2D eigenvalue weighted by molar-refractivity contribution is 5.90. The number of halogens is 3. The van der Waals surface area contributed by atoms with Crippen LogP contribution in [0.4, 0.5) is 30.5 Å². The Morgan fingerprint density at radius 3 is 2.73 bits per heavy atom. The fourth-order valence-corrected chi connectivity index (χ4v) is 4.69. The van der Waals surface area contributed by atoms with Gasteiger partial charge in [0.1, 0.15) is 11.6 Å². The molecule has 0 spiro atoms. The fraction of sp³-hybridized carbons (Fsp3) is 0.296. The second-order valence-corrected chi connectivity index (χ2v) is 9.12. The third-order valence-corrected chi connectivity index (χ3v) is 6.55. The van der Waals surface area contributed by atoms with Gasteiger partial charge in [0, 0.05) is 60.2 Å². The van der Waals surface area contributed by atoms with Gasteiger partial charge in [0.15, 0.2) is 5.82 Å². The molecule has 0 radical (unpaired) electrons. The van der Waals surface area contributed by atoms with Crippen LogP contribution in [0.2, 0.25) is 0 Å². The number of aryl methyl sites for hydroxylation is 1. The predicted octanol–water partition coefficient (Wildman–Crippen LogP) is 5.58. The predicted molar refractivity (Wildman–Crippen MR) is 140 cm³/mol. The molecule has 0 amide bonds. The maximum atomic E-state index is 15.2. The lowest BCUT2D eigenvalue weighted by atomic mass is 9.95. The van der Waals surface area contributed by atoms with Crippen molar-refractivity contribution in [2.45, 2.75) is 39.2 Å². The van der Waals surface area contributed by atoms with Gasteiger partial charge in [-0.1, -0.05) is 6.58 Å². The van der Waals surface area contributed by atoms with E-state index in [1.807, 2.05) is 23.7 Å². The van der Waals surface area contributed by atoms with Crippen molar-refractivity contribution in [3.05, 3.63) is 72.2 Å². The third kappa shape index (κ3) is 4.96. The molecule has 1 aliphatic rings. The van der Waals surface area contributed by atoms with Crippen LogP contribution in [0.3, 0.4) is 0 Å². The summed E-state index contributed by atoms with van der Waals surface area (Å²) in [5.41, 5.74) is 3.51. The summed E-state index contributed by atoms with van der Waals surface area (Å²) in [7, 11) is 0. The van der Waals surface area contributed by atoms with Crippen molar-refractivity contribution in [3.63, 3.8) is 0 Å². The Bertz CT molecular complexity index is 1480. The topological polar surface area (TPSA) is 79.7 Å². The number of hydrogen-bond donors (Lipinski definition) is 3. The van der Waals surface area contributed by atoms with E-state index in [1.165, 1.54) is 12.3 Å². The molecular weight excluding hydrogens is 479 g/mol. The number of pyridine rings is 2. The number of aromatic nitrogens is 4. The second-order valence-electron chi connectivity index (χ2n) is 9.12. The summed E-state index contributed by atoms with van der Waals surface area (Å²) >= 11 is 0. The summed E-state index contributed by atoms with van der Waals surface area (Å²) in [6.45, 7) is 8.52. The SMILES string of the molecule is C=CNCCc1cc(Nc2cc3cc(-c4cnc5c(c4C)NCC(F)(F)C5)c(F)cc3cn2)nn1CC. The van der Waals surface area contributed by atoms with Crippen molar-refractivity contribution in [1.82, 2.24) is 25.1 Å². The van der Waals surface area contributed by atoms with Crippen LogP contribution in [0.1, 0.15) is 23.9 Å². The van der Waals surface area contributed by atoms with Crippen LogP contribution in [-0.2, 0) is 19.4 Å². The summed E-state index contributed by atoms with van der Waals surface area (Å²) in [5.74, 6) is -2.04. The molecule has 10 heteroatoms. The fourth-order valence-electron chi connectivity index (χ4n) is 4.69. The Morgan fingerprint density at radius 2 is 1.95 bits per heavy atom. The molecule has 5 rings (SSSR count). The van der Waals surface area contributed by atoms with E-state index in [-0.39, 0.29) is 0 Å². The number of benzene rings is 1. The molecule has 1 aliphatic heterocycles. The van der Waals surface area contributed by atoms with E-state index in [0.717, 1.165) is 30.6 Å². The van der Waals surface area contributed by atoms with Gasteiger partial charge in [0.2, 0.25) is 0 Å². The minimum atomic E-state index is -2.85. The molecule has 192 valence electrons. The van der Waals surface area contributed by atoms with E-state index in [4.69, 9.17) is 0 Å². The first-order valence-electron chi connectivity index (χ1n) is 12.2. The Balaban J connectivity index is 1.46. The second kappa shape index (κ2) is 9.76. The zero-order valence-corrected chi connectivity index (χ0v) is 20.7. The lowest BCUT2D eigenvalue weighted by molar-refractivity contribution is 0.0118. The quantitative estimate of drug-likeness (QED) is 0.270. The van der Waals surface area contributed by atoms with Crippen LogP contribution in [0.5, 0.6) is 0 Å². The van der Waals surface area contributed by atoms with Gasteiger partial charge in [0.05, 0.1) is 24.3 Å². The summed E-state index contributed by atoms with van der Waals surface area (Å²) in [5, 5.41) is 15.1. The molecule has 0 bridgehead atoms. The normalized spacial score (nSPS) is 14.2. The van der Waals surface area contributed by atoms with Crippen LogP contribution < -0.4 is 16.0 Å². The van der Waals surface area contributed by atoms with E-state index in [2.05, 4.69) is 37.6 Å². The highest BCUT2D eigenvalue weighted by atomic mass is 19.3. The summed E-state index contributed by atoms with van der Waals surface area (Å²) < 4.78 is 44.7. The minimum absolute atomic E-state index is 0.292. The molecule has 3 aromatic heterocycles. The molecule has 1 aromatic carbocycles. The van der Waals surface area contributed by atoms with Crippen molar-refractivity contribution in [3.8, 4) is 11.1 Å². The molecule has 0 aliphatic carbocycles. The lowest BCUT2D eigenvalue weighted by Gasteiger charge is -2.27. The van der Waals surface area contributed by atoms with Crippen molar-refractivity contribution in [2.75, 3.05) is 23.7 Å². The highest BCUT2D eigenvalue weighted by Gasteiger charge is 2.36. The first-order valence-corrected chi connectivity index (χ1v) is 12.2. The summed E-state index contributed by atoms with van der Waals surface area (Å²) in [4.78, 5) is 8.67. The van der Waals surface area contributed by atoms with Gasteiger partial charge in [-0.3, -0.25) is 9.67 Å². The van der Waals surface area contributed by atoms with Gasteiger partial charge in [-0.05, 0) is 49.2 Å². The zero-order chi connectivity index (χ0) is 26.2. The van der Waals surface area contributed by atoms with E-state index in [9.17, 15) is 8.78 Å². The van der Waals surface area contributed by atoms with E-state index >= 15 is 4.39 Å².